The highest BCUT2D eigenvalue weighted by Gasteiger charge is 2.39. The van der Waals surface area contributed by atoms with Crippen LogP contribution >= 0.6 is 23.2 Å². The minimum absolute atomic E-state index is 0.589. The predicted octanol–water partition coefficient (Wildman–Crippen LogP) is -0.243. The number of ketones is 3. The second-order valence-electron chi connectivity index (χ2n) is 2.09. The largest absolute Gasteiger partial charge is 0.377 e. The SMILES string of the molecule is O=C1C(=O)C(O)C(=O)C(Cl)=C1Cl. The summed E-state index contributed by atoms with van der Waals surface area (Å²) < 4.78 is 0. The summed E-state index contributed by atoms with van der Waals surface area (Å²) in [5.74, 6) is -3.41. The second-order valence-corrected chi connectivity index (χ2v) is 2.84. The fraction of sp³-hybridized carbons (Fsp3) is 0.167. The lowest BCUT2D eigenvalue weighted by Crippen LogP contribution is -2.40. The van der Waals surface area contributed by atoms with E-state index in [1.54, 1.807) is 0 Å². The molecule has 0 bridgehead atoms. The number of Topliss-reactive ketones (excluding diaryl/α,β-unsaturated/α-hetero) is 3. The van der Waals surface area contributed by atoms with Gasteiger partial charge in [-0.2, -0.15) is 0 Å². The Balaban J connectivity index is 3.27. The van der Waals surface area contributed by atoms with Gasteiger partial charge in [-0.05, 0) is 0 Å². The van der Waals surface area contributed by atoms with Gasteiger partial charge in [0.1, 0.15) is 10.1 Å². The van der Waals surface area contributed by atoms with Gasteiger partial charge in [0.15, 0.2) is 6.10 Å². The smallest absolute Gasteiger partial charge is 0.244 e. The molecule has 0 saturated carbocycles. The highest BCUT2D eigenvalue weighted by Crippen LogP contribution is 2.23. The molecule has 64 valence electrons. The van der Waals surface area contributed by atoms with Gasteiger partial charge in [0.05, 0.1) is 0 Å². The van der Waals surface area contributed by atoms with E-state index in [2.05, 4.69) is 0 Å². The Morgan fingerprint density at radius 3 is 2.00 bits per heavy atom. The van der Waals surface area contributed by atoms with Crippen LogP contribution in [0.1, 0.15) is 0 Å². The molecule has 1 unspecified atom stereocenters. The zero-order chi connectivity index (χ0) is 9.46. The van der Waals surface area contributed by atoms with Crippen LogP contribution in [0.4, 0.5) is 0 Å². The summed E-state index contributed by atoms with van der Waals surface area (Å²) in [6, 6.07) is 0. The van der Waals surface area contributed by atoms with Crippen molar-refractivity contribution in [2.75, 3.05) is 0 Å². The zero-order valence-corrected chi connectivity index (χ0v) is 7.02. The van der Waals surface area contributed by atoms with Gasteiger partial charge < -0.3 is 5.11 Å². The van der Waals surface area contributed by atoms with Crippen LogP contribution in [0, 0.1) is 0 Å². The molecule has 0 aromatic rings. The molecule has 4 nitrogen and oxygen atoms in total. The Kier molecular flexibility index (Phi) is 2.32. The third-order valence-electron chi connectivity index (χ3n) is 1.33. The molecule has 1 N–H and O–H groups in total. The van der Waals surface area contributed by atoms with E-state index in [4.69, 9.17) is 28.3 Å². The van der Waals surface area contributed by atoms with E-state index in [-0.39, 0.29) is 0 Å². The van der Waals surface area contributed by atoms with Crippen molar-refractivity contribution in [1.29, 1.82) is 0 Å². The highest BCUT2D eigenvalue weighted by molar-refractivity contribution is 6.68. The van der Waals surface area contributed by atoms with Crippen LogP contribution < -0.4 is 0 Å². The number of aliphatic hydroxyl groups is 1. The lowest BCUT2D eigenvalue weighted by atomic mass is 10.0. The average Bonchev–Trinajstić information content (AvgIpc) is 2.08. The topological polar surface area (TPSA) is 71.4 Å². The van der Waals surface area contributed by atoms with Gasteiger partial charge in [-0.1, -0.05) is 23.2 Å². The second kappa shape index (κ2) is 2.97. The maximum atomic E-state index is 10.8. The van der Waals surface area contributed by atoms with E-state index in [0.29, 0.717) is 0 Å². The van der Waals surface area contributed by atoms with Gasteiger partial charge in [-0.3, -0.25) is 14.4 Å². The van der Waals surface area contributed by atoms with Crippen molar-refractivity contribution in [1.82, 2.24) is 0 Å². The number of rotatable bonds is 0. The molecule has 1 aliphatic rings. The number of allylic oxidation sites excluding steroid dienone is 1. The van der Waals surface area contributed by atoms with Crippen LogP contribution in [-0.2, 0) is 14.4 Å². The molecule has 0 heterocycles. The van der Waals surface area contributed by atoms with Crippen molar-refractivity contribution in [3.8, 4) is 0 Å². The molecule has 0 saturated heterocycles. The van der Waals surface area contributed by atoms with Crippen molar-refractivity contribution in [2.24, 2.45) is 0 Å². The van der Waals surface area contributed by atoms with Crippen LogP contribution in [0.15, 0.2) is 10.1 Å². The number of hydrogen-bond donors (Lipinski definition) is 1. The number of aliphatic hydroxyl groups excluding tert-OH is 1. The van der Waals surface area contributed by atoms with Crippen molar-refractivity contribution in [3.63, 3.8) is 0 Å². The minimum Gasteiger partial charge on any atom is -0.377 e. The third-order valence-corrected chi connectivity index (χ3v) is 2.16. The number of carbonyl (C=O) groups excluding carboxylic acids is 3. The number of halogens is 2. The summed E-state index contributed by atoms with van der Waals surface area (Å²) in [5.41, 5.74) is 0. The van der Waals surface area contributed by atoms with Crippen LogP contribution in [0.25, 0.3) is 0 Å². The van der Waals surface area contributed by atoms with Crippen LogP contribution in [0.3, 0.4) is 0 Å². The average molecular weight is 209 g/mol. The lowest BCUT2D eigenvalue weighted by molar-refractivity contribution is -0.144. The van der Waals surface area contributed by atoms with Crippen LogP contribution in [0.2, 0.25) is 0 Å². The normalized spacial score (nSPS) is 25.2. The fourth-order valence-corrected chi connectivity index (χ4v) is 1.05. The Morgan fingerprint density at radius 1 is 1.00 bits per heavy atom. The van der Waals surface area contributed by atoms with E-state index in [1.807, 2.05) is 0 Å². The maximum Gasteiger partial charge on any atom is 0.244 e. The lowest BCUT2D eigenvalue weighted by Gasteiger charge is -2.12. The summed E-state index contributed by atoms with van der Waals surface area (Å²) in [6.45, 7) is 0. The molecule has 12 heavy (non-hydrogen) atoms. The van der Waals surface area contributed by atoms with Crippen LogP contribution in [0.5, 0.6) is 0 Å². The van der Waals surface area contributed by atoms with E-state index >= 15 is 0 Å². The van der Waals surface area contributed by atoms with Gasteiger partial charge in [-0.15, -0.1) is 0 Å². The van der Waals surface area contributed by atoms with Crippen molar-refractivity contribution < 1.29 is 19.5 Å². The first-order valence-corrected chi connectivity index (χ1v) is 3.58. The first-order chi connectivity index (χ1) is 5.46. The Bertz CT molecular complexity index is 318. The van der Waals surface area contributed by atoms with Crippen molar-refractivity contribution in [3.05, 3.63) is 10.1 Å². The molecule has 1 atom stereocenters. The Morgan fingerprint density at radius 2 is 1.50 bits per heavy atom. The standard InChI is InChI=1S/C6H2Cl2O4/c7-1-2(8)4(10)6(12)5(11)3(1)9/h5,11H. The molecule has 1 rings (SSSR count). The quantitative estimate of drug-likeness (QED) is 0.441. The fourth-order valence-electron chi connectivity index (χ4n) is 0.679. The number of hydrogen-bond acceptors (Lipinski definition) is 4. The molecule has 0 aromatic carbocycles. The molecular weight excluding hydrogens is 207 g/mol. The van der Waals surface area contributed by atoms with Gasteiger partial charge in [0.25, 0.3) is 0 Å². The summed E-state index contributed by atoms with van der Waals surface area (Å²) in [4.78, 5) is 32.2. The minimum atomic E-state index is -1.99. The van der Waals surface area contributed by atoms with E-state index in [9.17, 15) is 14.4 Å². The van der Waals surface area contributed by atoms with Gasteiger partial charge in [0, 0.05) is 0 Å². The van der Waals surface area contributed by atoms with Gasteiger partial charge in [0.2, 0.25) is 17.3 Å². The zero-order valence-electron chi connectivity index (χ0n) is 5.51. The molecule has 0 radical (unpaired) electrons. The molecule has 0 spiro atoms. The Labute approximate surface area is 76.8 Å². The molecule has 0 amide bonds. The molecule has 0 aliphatic heterocycles. The summed E-state index contributed by atoms with van der Waals surface area (Å²) in [5, 5.41) is 7.59. The van der Waals surface area contributed by atoms with Crippen LogP contribution in [-0.4, -0.2) is 28.6 Å². The molecule has 1 aliphatic carbocycles. The van der Waals surface area contributed by atoms with Crippen molar-refractivity contribution in [2.45, 2.75) is 6.10 Å². The monoisotopic (exact) mass is 208 g/mol. The van der Waals surface area contributed by atoms with E-state index < -0.39 is 33.5 Å². The summed E-state index contributed by atoms with van der Waals surface area (Å²) in [7, 11) is 0. The first-order valence-electron chi connectivity index (χ1n) is 2.83. The van der Waals surface area contributed by atoms with E-state index in [1.165, 1.54) is 0 Å². The van der Waals surface area contributed by atoms with Gasteiger partial charge in [-0.25, -0.2) is 0 Å². The third kappa shape index (κ3) is 1.18. The summed E-state index contributed by atoms with van der Waals surface area (Å²) >= 11 is 10.5. The molecular formula is C6H2Cl2O4. The first kappa shape index (κ1) is 9.38. The Hall–Kier alpha value is -0.710. The highest BCUT2D eigenvalue weighted by atomic mass is 35.5. The molecule has 0 fully saturated rings. The molecule has 6 heteroatoms. The van der Waals surface area contributed by atoms with Crippen molar-refractivity contribution >= 4 is 40.6 Å². The molecule has 0 aromatic heterocycles. The van der Waals surface area contributed by atoms with Gasteiger partial charge >= 0.3 is 0 Å². The predicted molar refractivity (Wildman–Crippen MR) is 39.8 cm³/mol. The number of carbonyl (C=O) groups is 3. The van der Waals surface area contributed by atoms with E-state index in [0.717, 1.165) is 0 Å². The summed E-state index contributed by atoms with van der Waals surface area (Å²) in [6.07, 6.45) is -1.99. The maximum absolute atomic E-state index is 10.8.